The Bertz CT molecular complexity index is 581. The van der Waals surface area contributed by atoms with E-state index in [0.29, 0.717) is 12.4 Å². The van der Waals surface area contributed by atoms with Gasteiger partial charge in [0.2, 0.25) is 0 Å². The molecular weight excluding hydrogens is 262 g/mol. The molecular formula is C17H21N3O. The second kappa shape index (κ2) is 5.35. The van der Waals surface area contributed by atoms with Crippen LogP contribution in [0.5, 0.6) is 0 Å². The summed E-state index contributed by atoms with van der Waals surface area (Å²) in [5.74, 6) is 0.686. The summed E-state index contributed by atoms with van der Waals surface area (Å²) in [5.41, 5.74) is 7.00. The Kier molecular flexibility index (Phi) is 3.53. The van der Waals surface area contributed by atoms with Crippen molar-refractivity contribution < 1.29 is 4.79 Å². The summed E-state index contributed by atoms with van der Waals surface area (Å²) in [6.45, 7) is 4.27. The highest BCUT2D eigenvalue weighted by Crippen LogP contribution is 2.47. The van der Waals surface area contributed by atoms with Gasteiger partial charge >= 0.3 is 6.03 Å². The van der Waals surface area contributed by atoms with Crippen LogP contribution in [-0.2, 0) is 0 Å². The number of nitrogens with zero attached hydrogens (tertiary/aromatic N) is 2. The Morgan fingerprint density at radius 2 is 2.14 bits per heavy atom. The molecule has 1 spiro atoms. The molecule has 1 aromatic carbocycles. The number of hydrogen-bond acceptors (Lipinski definition) is 2. The van der Waals surface area contributed by atoms with Crippen molar-refractivity contribution in [2.45, 2.75) is 37.1 Å². The zero-order valence-corrected chi connectivity index (χ0v) is 12.2. The van der Waals surface area contributed by atoms with Gasteiger partial charge in [-0.15, -0.1) is 6.58 Å². The molecule has 0 aromatic heterocycles. The van der Waals surface area contributed by atoms with E-state index >= 15 is 0 Å². The quantitative estimate of drug-likeness (QED) is 0.867. The summed E-state index contributed by atoms with van der Waals surface area (Å²) in [6.07, 6.45) is 5.89. The summed E-state index contributed by atoms with van der Waals surface area (Å²) in [5, 5.41) is 0. The molecule has 110 valence electrons. The van der Waals surface area contributed by atoms with Gasteiger partial charge in [-0.05, 0) is 18.4 Å². The summed E-state index contributed by atoms with van der Waals surface area (Å²) < 4.78 is 0. The maximum Gasteiger partial charge on any atom is 0.346 e. The van der Waals surface area contributed by atoms with E-state index in [-0.39, 0.29) is 11.9 Å². The molecule has 4 heteroatoms. The number of amides is 2. The Morgan fingerprint density at radius 3 is 2.86 bits per heavy atom. The highest BCUT2D eigenvalue weighted by Gasteiger charge is 2.54. The molecule has 2 atom stereocenters. The van der Waals surface area contributed by atoms with Crippen molar-refractivity contribution in [3.63, 3.8) is 0 Å². The molecule has 1 aliphatic carbocycles. The monoisotopic (exact) mass is 283 g/mol. The maximum absolute atomic E-state index is 12.2. The first-order valence-corrected chi connectivity index (χ1v) is 7.52. The number of carbonyl (C=O) groups is 1. The molecule has 0 bridgehead atoms. The first-order valence-electron chi connectivity index (χ1n) is 7.52. The van der Waals surface area contributed by atoms with E-state index in [1.165, 1.54) is 5.56 Å². The van der Waals surface area contributed by atoms with Gasteiger partial charge in [-0.1, -0.05) is 49.2 Å². The van der Waals surface area contributed by atoms with Crippen LogP contribution < -0.4 is 5.73 Å². The zero-order valence-electron chi connectivity index (χ0n) is 12.2. The number of aliphatic imine (C=N–C) groups is 1. The van der Waals surface area contributed by atoms with Crippen molar-refractivity contribution in [3.05, 3.63) is 48.6 Å². The van der Waals surface area contributed by atoms with Crippen LogP contribution >= 0.6 is 0 Å². The van der Waals surface area contributed by atoms with Gasteiger partial charge in [-0.25, -0.2) is 4.79 Å². The van der Waals surface area contributed by atoms with Crippen molar-refractivity contribution >= 4 is 11.9 Å². The Hall–Kier alpha value is -2.10. The minimum absolute atomic E-state index is 0.211. The van der Waals surface area contributed by atoms with Crippen LogP contribution in [0.3, 0.4) is 0 Å². The molecule has 0 radical (unpaired) electrons. The lowest BCUT2D eigenvalue weighted by atomic mass is 9.68. The van der Waals surface area contributed by atoms with Gasteiger partial charge in [0, 0.05) is 12.5 Å². The van der Waals surface area contributed by atoms with Crippen molar-refractivity contribution in [3.8, 4) is 0 Å². The van der Waals surface area contributed by atoms with Crippen LogP contribution in [-0.4, -0.2) is 28.9 Å². The van der Waals surface area contributed by atoms with Gasteiger partial charge in [0.1, 0.15) is 11.4 Å². The molecule has 1 aliphatic heterocycles. The van der Waals surface area contributed by atoms with Gasteiger partial charge in [0.15, 0.2) is 0 Å². The Balaban J connectivity index is 2.08. The summed E-state index contributed by atoms with van der Waals surface area (Å²) in [6, 6.07) is 10.1. The fourth-order valence-corrected chi connectivity index (χ4v) is 3.85. The van der Waals surface area contributed by atoms with Gasteiger partial charge in [-0.2, -0.15) is 4.99 Å². The molecule has 3 rings (SSSR count). The number of benzene rings is 1. The molecule has 0 saturated heterocycles. The number of rotatable bonds is 3. The molecule has 1 saturated carbocycles. The molecule has 2 N–H and O–H groups in total. The fraction of sp³-hybridized carbons (Fsp3) is 0.412. The molecule has 1 aromatic rings. The Morgan fingerprint density at radius 1 is 1.38 bits per heavy atom. The predicted octanol–water partition coefficient (Wildman–Crippen LogP) is 3.06. The van der Waals surface area contributed by atoms with Crippen molar-refractivity contribution in [2.75, 3.05) is 6.54 Å². The normalized spacial score (nSPS) is 28.8. The lowest BCUT2D eigenvalue weighted by molar-refractivity contribution is 0.134. The largest absolute Gasteiger partial charge is 0.385 e. The number of urea groups is 1. The highest BCUT2D eigenvalue weighted by atomic mass is 16.2. The second-order valence-electron chi connectivity index (χ2n) is 5.81. The molecule has 2 aliphatic rings. The SMILES string of the molecule is C=CCN1C(=O)N=C(N)C12CCCCC2c1ccccc1. The Labute approximate surface area is 125 Å². The predicted molar refractivity (Wildman–Crippen MR) is 84.3 cm³/mol. The van der Waals surface area contributed by atoms with E-state index in [1.807, 2.05) is 23.1 Å². The topological polar surface area (TPSA) is 58.7 Å². The highest BCUT2D eigenvalue weighted by molar-refractivity contribution is 6.06. The van der Waals surface area contributed by atoms with Gasteiger partial charge < -0.3 is 10.6 Å². The third-order valence-corrected chi connectivity index (χ3v) is 4.76. The number of hydrogen-bond donors (Lipinski definition) is 1. The molecule has 2 amide bonds. The first kappa shape index (κ1) is 13.9. The molecule has 21 heavy (non-hydrogen) atoms. The smallest absolute Gasteiger partial charge is 0.346 e. The molecule has 2 unspecified atom stereocenters. The van der Waals surface area contributed by atoms with E-state index in [9.17, 15) is 4.79 Å². The molecule has 1 heterocycles. The van der Waals surface area contributed by atoms with Gasteiger partial charge in [0.05, 0.1) is 0 Å². The summed E-state index contributed by atoms with van der Waals surface area (Å²) in [4.78, 5) is 18.1. The van der Waals surface area contributed by atoms with E-state index in [0.717, 1.165) is 25.7 Å². The van der Waals surface area contributed by atoms with E-state index in [2.05, 4.69) is 23.7 Å². The van der Waals surface area contributed by atoms with Crippen LogP contribution in [0.25, 0.3) is 0 Å². The minimum Gasteiger partial charge on any atom is -0.385 e. The van der Waals surface area contributed by atoms with Crippen LogP contribution in [0, 0.1) is 0 Å². The summed E-state index contributed by atoms with van der Waals surface area (Å²) >= 11 is 0. The van der Waals surface area contributed by atoms with Gasteiger partial charge in [-0.3, -0.25) is 0 Å². The standard InChI is InChI=1S/C17H21N3O/c1-2-12-20-16(21)19-15(18)17(20)11-7-6-10-14(17)13-8-4-3-5-9-13/h2-5,8-9,14H,1,6-7,10-12H2,(H2,18,19,21). The molecule has 1 fully saturated rings. The average Bonchev–Trinajstić information content (AvgIpc) is 2.74. The maximum atomic E-state index is 12.2. The second-order valence-corrected chi connectivity index (χ2v) is 5.81. The number of amidine groups is 1. The van der Waals surface area contributed by atoms with Gasteiger partial charge in [0.25, 0.3) is 0 Å². The third kappa shape index (κ3) is 2.06. The summed E-state index contributed by atoms with van der Waals surface area (Å²) in [7, 11) is 0. The first-order chi connectivity index (χ1) is 10.2. The third-order valence-electron chi connectivity index (χ3n) is 4.76. The number of carbonyl (C=O) groups excluding carboxylic acids is 1. The zero-order chi connectivity index (χ0) is 14.9. The van der Waals surface area contributed by atoms with Crippen LogP contribution in [0.1, 0.15) is 37.2 Å². The van der Waals surface area contributed by atoms with Crippen LogP contribution in [0.2, 0.25) is 0 Å². The fourth-order valence-electron chi connectivity index (χ4n) is 3.85. The minimum atomic E-state index is -0.467. The van der Waals surface area contributed by atoms with E-state index < -0.39 is 5.54 Å². The lowest BCUT2D eigenvalue weighted by Crippen LogP contribution is -2.59. The van der Waals surface area contributed by atoms with Crippen molar-refractivity contribution in [1.82, 2.24) is 4.90 Å². The van der Waals surface area contributed by atoms with Crippen LogP contribution in [0.15, 0.2) is 48.0 Å². The number of nitrogens with two attached hydrogens (primary N) is 1. The van der Waals surface area contributed by atoms with E-state index in [1.54, 1.807) is 6.08 Å². The van der Waals surface area contributed by atoms with Crippen molar-refractivity contribution in [1.29, 1.82) is 0 Å². The van der Waals surface area contributed by atoms with Crippen LogP contribution in [0.4, 0.5) is 4.79 Å². The average molecular weight is 283 g/mol. The van der Waals surface area contributed by atoms with Crippen molar-refractivity contribution in [2.24, 2.45) is 10.7 Å². The van der Waals surface area contributed by atoms with E-state index in [4.69, 9.17) is 5.73 Å². The lowest BCUT2D eigenvalue weighted by Gasteiger charge is -2.46. The molecule has 4 nitrogen and oxygen atoms in total.